The van der Waals surface area contributed by atoms with E-state index in [9.17, 15) is 14.7 Å². The zero-order valence-electron chi connectivity index (χ0n) is 12.3. The van der Waals surface area contributed by atoms with Crippen molar-refractivity contribution in [1.29, 1.82) is 0 Å². The molecular weight excluding hydrogens is 296 g/mol. The highest BCUT2D eigenvalue weighted by atomic mass is 16.5. The van der Waals surface area contributed by atoms with Crippen LogP contribution in [-0.4, -0.2) is 24.0 Å². The summed E-state index contributed by atoms with van der Waals surface area (Å²) in [6.45, 7) is 0. The number of hydrogen-bond donors (Lipinski definition) is 2. The summed E-state index contributed by atoms with van der Waals surface area (Å²) < 4.78 is 5.02. The number of ether oxygens (including phenoxy) is 1. The highest BCUT2D eigenvalue weighted by Gasteiger charge is 2.34. The minimum atomic E-state index is -0.527. The fourth-order valence-corrected chi connectivity index (χ4v) is 2.29. The first-order valence-corrected chi connectivity index (χ1v) is 6.90. The first-order chi connectivity index (χ1) is 11.1. The summed E-state index contributed by atoms with van der Waals surface area (Å²) in [5.74, 6) is -0.865. The minimum absolute atomic E-state index is 0.0580. The summed E-state index contributed by atoms with van der Waals surface area (Å²) in [7, 11) is 1.43. The lowest BCUT2D eigenvalue weighted by Crippen LogP contribution is -2.35. The van der Waals surface area contributed by atoms with Gasteiger partial charge in [-0.25, -0.2) is 5.01 Å². The Labute approximate surface area is 132 Å². The number of phenolic OH excluding ortho intramolecular Hbond substituents is 1. The lowest BCUT2D eigenvalue weighted by atomic mass is 10.1. The quantitative estimate of drug-likeness (QED) is 0.670. The molecule has 0 spiro atoms. The Hall–Kier alpha value is -3.28. The fourth-order valence-electron chi connectivity index (χ4n) is 2.29. The topological polar surface area (TPSA) is 78.9 Å². The van der Waals surface area contributed by atoms with Crippen LogP contribution in [0.25, 0.3) is 6.08 Å². The second-order valence-electron chi connectivity index (χ2n) is 4.87. The van der Waals surface area contributed by atoms with E-state index in [1.165, 1.54) is 18.2 Å². The average Bonchev–Trinajstić information content (AvgIpc) is 2.85. The molecule has 6 nitrogen and oxygen atoms in total. The standard InChI is InChI=1S/C17H14N2O4/c1-23-14-9-5-6-11(15(14)20)10-13-16(21)18-19(17(13)22)12-7-3-2-4-8-12/h2-10,20H,1H3,(H,18,21). The molecule has 0 saturated carbocycles. The molecule has 0 unspecified atom stereocenters. The monoisotopic (exact) mass is 310 g/mol. The van der Waals surface area contributed by atoms with Crippen LogP contribution in [0.15, 0.2) is 54.1 Å². The van der Waals surface area contributed by atoms with E-state index in [-0.39, 0.29) is 17.1 Å². The number of carbonyl (C=O) groups excluding carboxylic acids is 2. The molecule has 1 saturated heterocycles. The van der Waals surface area contributed by atoms with Crippen molar-refractivity contribution in [3.8, 4) is 11.5 Å². The van der Waals surface area contributed by atoms with Gasteiger partial charge in [-0.3, -0.25) is 15.0 Å². The molecular formula is C17H14N2O4. The summed E-state index contributed by atoms with van der Waals surface area (Å²) in [6, 6.07) is 13.6. The van der Waals surface area contributed by atoms with Gasteiger partial charge in [0.25, 0.3) is 11.8 Å². The van der Waals surface area contributed by atoms with E-state index in [0.29, 0.717) is 11.3 Å². The highest BCUT2D eigenvalue weighted by molar-refractivity contribution is 6.31. The molecule has 0 atom stereocenters. The van der Waals surface area contributed by atoms with Gasteiger partial charge < -0.3 is 9.84 Å². The van der Waals surface area contributed by atoms with Gasteiger partial charge in [-0.15, -0.1) is 0 Å². The predicted molar refractivity (Wildman–Crippen MR) is 84.7 cm³/mol. The molecule has 2 N–H and O–H groups in total. The molecule has 6 heteroatoms. The SMILES string of the molecule is COc1cccc(C=C2C(=O)NN(c3ccccc3)C2=O)c1O. The molecule has 2 amide bonds. The molecule has 1 heterocycles. The number of amides is 2. The van der Waals surface area contributed by atoms with Gasteiger partial charge in [0.05, 0.1) is 12.8 Å². The van der Waals surface area contributed by atoms with Gasteiger partial charge in [0.2, 0.25) is 0 Å². The number of nitrogens with zero attached hydrogens (tertiary/aromatic N) is 1. The Balaban J connectivity index is 1.98. The Morgan fingerprint density at radius 1 is 1.09 bits per heavy atom. The maximum Gasteiger partial charge on any atom is 0.282 e. The highest BCUT2D eigenvalue weighted by Crippen LogP contribution is 2.32. The van der Waals surface area contributed by atoms with Crippen LogP contribution in [0, 0.1) is 0 Å². The number of para-hydroxylation sites is 2. The van der Waals surface area contributed by atoms with E-state index in [4.69, 9.17) is 4.74 Å². The van der Waals surface area contributed by atoms with Crippen LogP contribution in [0.2, 0.25) is 0 Å². The lowest BCUT2D eigenvalue weighted by molar-refractivity contribution is -0.117. The van der Waals surface area contributed by atoms with Gasteiger partial charge >= 0.3 is 0 Å². The summed E-state index contributed by atoms with van der Waals surface area (Å²) in [5, 5.41) is 11.3. The average molecular weight is 310 g/mol. The van der Waals surface area contributed by atoms with Crippen molar-refractivity contribution in [3.05, 3.63) is 59.7 Å². The number of aromatic hydroxyl groups is 1. The number of anilines is 1. The van der Waals surface area contributed by atoms with Gasteiger partial charge in [0.1, 0.15) is 5.57 Å². The third-order valence-electron chi connectivity index (χ3n) is 3.46. The molecule has 1 fully saturated rings. The molecule has 0 aliphatic carbocycles. The summed E-state index contributed by atoms with van der Waals surface area (Å²) >= 11 is 0. The molecule has 0 aromatic heterocycles. The van der Waals surface area contributed by atoms with E-state index >= 15 is 0 Å². The van der Waals surface area contributed by atoms with Gasteiger partial charge in [0.15, 0.2) is 11.5 Å². The number of phenols is 1. The molecule has 116 valence electrons. The number of nitrogens with one attached hydrogen (secondary N) is 1. The zero-order chi connectivity index (χ0) is 16.4. The van der Waals surface area contributed by atoms with Gasteiger partial charge in [-0.05, 0) is 24.3 Å². The Morgan fingerprint density at radius 3 is 2.52 bits per heavy atom. The molecule has 1 aliphatic heterocycles. The number of rotatable bonds is 3. The maximum atomic E-state index is 12.4. The van der Waals surface area contributed by atoms with Crippen LogP contribution in [-0.2, 0) is 9.59 Å². The number of carbonyl (C=O) groups is 2. The van der Waals surface area contributed by atoms with Gasteiger partial charge in [0, 0.05) is 5.56 Å². The van der Waals surface area contributed by atoms with Crippen molar-refractivity contribution in [2.75, 3.05) is 12.1 Å². The number of benzene rings is 2. The molecule has 3 rings (SSSR count). The molecule has 23 heavy (non-hydrogen) atoms. The molecule has 0 bridgehead atoms. The van der Waals surface area contributed by atoms with E-state index in [1.54, 1.807) is 42.5 Å². The summed E-state index contributed by atoms with van der Waals surface area (Å²) in [6.07, 6.45) is 1.35. The third kappa shape index (κ3) is 2.62. The van der Waals surface area contributed by atoms with E-state index in [0.717, 1.165) is 0 Å². The minimum Gasteiger partial charge on any atom is -0.504 e. The van der Waals surface area contributed by atoms with Crippen molar-refractivity contribution in [2.24, 2.45) is 0 Å². The van der Waals surface area contributed by atoms with E-state index < -0.39 is 11.8 Å². The van der Waals surface area contributed by atoms with Crippen LogP contribution < -0.4 is 15.2 Å². The molecule has 0 radical (unpaired) electrons. The number of hydrogen-bond acceptors (Lipinski definition) is 4. The van der Waals surface area contributed by atoms with E-state index in [2.05, 4.69) is 5.43 Å². The number of methoxy groups -OCH3 is 1. The van der Waals surface area contributed by atoms with Crippen molar-refractivity contribution >= 4 is 23.6 Å². The predicted octanol–water partition coefficient (Wildman–Crippen LogP) is 1.86. The van der Waals surface area contributed by atoms with E-state index in [1.807, 2.05) is 6.07 Å². The molecule has 1 aliphatic rings. The van der Waals surface area contributed by atoms with Crippen LogP contribution in [0.3, 0.4) is 0 Å². The Bertz CT molecular complexity index is 799. The second kappa shape index (κ2) is 5.84. The smallest absolute Gasteiger partial charge is 0.282 e. The van der Waals surface area contributed by atoms with Crippen molar-refractivity contribution in [3.63, 3.8) is 0 Å². The van der Waals surface area contributed by atoms with Crippen LogP contribution in [0.5, 0.6) is 11.5 Å². The maximum absolute atomic E-state index is 12.4. The number of hydrazine groups is 1. The summed E-state index contributed by atoms with van der Waals surface area (Å²) in [4.78, 5) is 24.5. The van der Waals surface area contributed by atoms with Gasteiger partial charge in [-0.2, -0.15) is 0 Å². The zero-order valence-corrected chi connectivity index (χ0v) is 12.3. The third-order valence-corrected chi connectivity index (χ3v) is 3.46. The normalized spacial score (nSPS) is 15.9. The first kappa shape index (κ1) is 14.6. The molecule has 2 aromatic carbocycles. The largest absolute Gasteiger partial charge is 0.504 e. The van der Waals surface area contributed by atoms with Crippen molar-refractivity contribution in [1.82, 2.24) is 5.43 Å². The van der Waals surface area contributed by atoms with Crippen LogP contribution in [0.1, 0.15) is 5.56 Å². The first-order valence-electron chi connectivity index (χ1n) is 6.90. The Morgan fingerprint density at radius 2 is 1.83 bits per heavy atom. The summed E-state index contributed by atoms with van der Waals surface area (Å²) in [5.41, 5.74) is 3.33. The van der Waals surface area contributed by atoms with Crippen LogP contribution >= 0.6 is 0 Å². The van der Waals surface area contributed by atoms with Gasteiger partial charge in [-0.1, -0.05) is 30.3 Å². The fraction of sp³-hybridized carbons (Fsp3) is 0.0588. The molecule has 2 aromatic rings. The van der Waals surface area contributed by atoms with Crippen molar-refractivity contribution in [2.45, 2.75) is 0 Å². The lowest BCUT2D eigenvalue weighted by Gasteiger charge is -2.13. The van der Waals surface area contributed by atoms with Crippen LogP contribution in [0.4, 0.5) is 5.69 Å². The second-order valence-corrected chi connectivity index (χ2v) is 4.87. The van der Waals surface area contributed by atoms with Crippen molar-refractivity contribution < 1.29 is 19.4 Å². The Kier molecular flexibility index (Phi) is 3.72.